The van der Waals surface area contributed by atoms with E-state index in [0.29, 0.717) is 11.3 Å². The number of carbonyl (C=O) groups is 2. The Morgan fingerprint density at radius 3 is 2.47 bits per heavy atom. The number of carbonyl (C=O) groups excluding carboxylic acids is 1. The van der Waals surface area contributed by atoms with Crippen LogP contribution in [0, 0.1) is 11.3 Å². The maximum atomic E-state index is 11.9. The van der Waals surface area contributed by atoms with Gasteiger partial charge in [-0.3, -0.25) is 4.79 Å². The highest BCUT2D eigenvalue weighted by Crippen LogP contribution is 2.37. The standard InChI is InChI=1S/C14H24N2O3/c1-14(2)6-5-10(8-14)15-13(19)16-11(7-12(17)18)9-3-4-9/h9-11H,3-8H2,1-2H3,(H,17,18)(H2,15,16,19). The minimum Gasteiger partial charge on any atom is -0.481 e. The zero-order valence-corrected chi connectivity index (χ0v) is 11.7. The van der Waals surface area contributed by atoms with E-state index in [1.165, 1.54) is 0 Å². The van der Waals surface area contributed by atoms with E-state index < -0.39 is 5.97 Å². The van der Waals surface area contributed by atoms with Gasteiger partial charge in [-0.15, -0.1) is 0 Å². The van der Waals surface area contributed by atoms with Gasteiger partial charge in [0.15, 0.2) is 0 Å². The third kappa shape index (κ3) is 4.40. The Morgan fingerprint density at radius 2 is 2.00 bits per heavy atom. The zero-order chi connectivity index (χ0) is 14.0. The largest absolute Gasteiger partial charge is 0.481 e. The van der Waals surface area contributed by atoms with E-state index in [1.54, 1.807) is 0 Å². The van der Waals surface area contributed by atoms with Crippen molar-refractivity contribution in [2.75, 3.05) is 0 Å². The van der Waals surface area contributed by atoms with Crippen LogP contribution < -0.4 is 10.6 Å². The van der Waals surface area contributed by atoms with Gasteiger partial charge in [0.25, 0.3) is 0 Å². The molecule has 5 nitrogen and oxygen atoms in total. The van der Waals surface area contributed by atoms with Gasteiger partial charge in [-0.25, -0.2) is 4.79 Å². The summed E-state index contributed by atoms with van der Waals surface area (Å²) in [6.07, 6.45) is 5.19. The molecule has 108 valence electrons. The second-order valence-corrected chi connectivity index (χ2v) is 6.76. The van der Waals surface area contributed by atoms with Crippen molar-refractivity contribution in [1.29, 1.82) is 0 Å². The molecule has 0 aliphatic heterocycles. The van der Waals surface area contributed by atoms with E-state index in [2.05, 4.69) is 24.5 Å². The smallest absolute Gasteiger partial charge is 0.315 e. The lowest BCUT2D eigenvalue weighted by Crippen LogP contribution is -2.47. The Bertz CT molecular complexity index is 364. The van der Waals surface area contributed by atoms with Crippen LogP contribution in [0.1, 0.15) is 52.4 Å². The van der Waals surface area contributed by atoms with Crippen LogP contribution in [0.2, 0.25) is 0 Å². The SMILES string of the molecule is CC1(C)CCC(NC(=O)NC(CC(=O)O)C2CC2)C1. The van der Waals surface area contributed by atoms with Gasteiger partial charge in [0.1, 0.15) is 0 Å². The van der Waals surface area contributed by atoms with Crippen LogP contribution in [0.25, 0.3) is 0 Å². The summed E-state index contributed by atoms with van der Waals surface area (Å²) in [7, 11) is 0. The summed E-state index contributed by atoms with van der Waals surface area (Å²) in [6.45, 7) is 4.42. The number of amides is 2. The molecular formula is C14H24N2O3. The van der Waals surface area contributed by atoms with Gasteiger partial charge in [-0.2, -0.15) is 0 Å². The van der Waals surface area contributed by atoms with E-state index >= 15 is 0 Å². The first-order chi connectivity index (χ1) is 8.85. The highest BCUT2D eigenvalue weighted by atomic mass is 16.4. The minimum absolute atomic E-state index is 0.0221. The van der Waals surface area contributed by atoms with Gasteiger partial charge >= 0.3 is 12.0 Å². The van der Waals surface area contributed by atoms with Gasteiger partial charge < -0.3 is 15.7 Å². The third-order valence-corrected chi connectivity index (χ3v) is 4.21. The Kier molecular flexibility index (Phi) is 4.02. The summed E-state index contributed by atoms with van der Waals surface area (Å²) >= 11 is 0. The monoisotopic (exact) mass is 268 g/mol. The highest BCUT2D eigenvalue weighted by molar-refractivity contribution is 5.76. The summed E-state index contributed by atoms with van der Waals surface area (Å²) in [5, 5.41) is 14.7. The average Bonchev–Trinajstić information content (AvgIpc) is 3.03. The molecule has 0 aromatic heterocycles. The van der Waals surface area contributed by atoms with Crippen molar-refractivity contribution in [2.24, 2.45) is 11.3 Å². The minimum atomic E-state index is -0.848. The quantitative estimate of drug-likeness (QED) is 0.714. The number of hydrogen-bond donors (Lipinski definition) is 3. The van der Waals surface area contributed by atoms with Crippen molar-refractivity contribution < 1.29 is 14.7 Å². The molecule has 2 unspecified atom stereocenters. The maximum absolute atomic E-state index is 11.9. The van der Waals surface area contributed by atoms with Crippen LogP contribution in [0.15, 0.2) is 0 Å². The van der Waals surface area contributed by atoms with Crippen LogP contribution in [0.4, 0.5) is 4.79 Å². The molecule has 0 spiro atoms. The summed E-state index contributed by atoms with van der Waals surface area (Å²) in [6, 6.07) is -0.201. The normalized spacial score (nSPS) is 26.7. The molecule has 19 heavy (non-hydrogen) atoms. The highest BCUT2D eigenvalue weighted by Gasteiger charge is 2.35. The lowest BCUT2D eigenvalue weighted by molar-refractivity contribution is -0.137. The molecule has 2 amide bonds. The van der Waals surface area contributed by atoms with Gasteiger partial charge in [-0.1, -0.05) is 13.8 Å². The number of carboxylic acid groups (broad SMARTS) is 1. The van der Waals surface area contributed by atoms with Crippen molar-refractivity contribution in [1.82, 2.24) is 10.6 Å². The first-order valence-electron chi connectivity index (χ1n) is 7.14. The zero-order valence-electron chi connectivity index (χ0n) is 11.7. The number of urea groups is 1. The molecule has 2 saturated carbocycles. The average molecular weight is 268 g/mol. The molecular weight excluding hydrogens is 244 g/mol. The number of carboxylic acids is 1. The van der Waals surface area contributed by atoms with Crippen molar-refractivity contribution in [3.63, 3.8) is 0 Å². The topological polar surface area (TPSA) is 78.4 Å². The van der Waals surface area contributed by atoms with Crippen molar-refractivity contribution in [3.05, 3.63) is 0 Å². The first-order valence-corrected chi connectivity index (χ1v) is 7.14. The second-order valence-electron chi connectivity index (χ2n) is 6.76. The maximum Gasteiger partial charge on any atom is 0.315 e. The molecule has 0 saturated heterocycles. The fourth-order valence-electron chi connectivity index (χ4n) is 2.98. The van der Waals surface area contributed by atoms with Gasteiger partial charge in [0.05, 0.1) is 6.42 Å². The number of hydrogen-bond acceptors (Lipinski definition) is 2. The molecule has 0 heterocycles. The molecule has 2 aliphatic rings. The molecule has 0 aromatic rings. The van der Waals surface area contributed by atoms with Crippen LogP contribution in [0.3, 0.4) is 0 Å². The van der Waals surface area contributed by atoms with E-state index in [1.807, 2.05) is 0 Å². The molecule has 0 radical (unpaired) electrons. The fraction of sp³-hybridized carbons (Fsp3) is 0.857. The Balaban J connectivity index is 1.78. The lowest BCUT2D eigenvalue weighted by Gasteiger charge is -2.21. The van der Waals surface area contributed by atoms with E-state index in [9.17, 15) is 9.59 Å². The summed E-state index contributed by atoms with van der Waals surface area (Å²) in [5.41, 5.74) is 0.301. The number of aliphatic carboxylic acids is 1. The molecule has 2 atom stereocenters. The predicted octanol–water partition coefficient (Wildman–Crippen LogP) is 2.12. The molecule has 0 bridgehead atoms. The fourth-order valence-corrected chi connectivity index (χ4v) is 2.98. The molecule has 0 aromatic carbocycles. The second kappa shape index (κ2) is 5.39. The number of rotatable bonds is 5. The molecule has 5 heteroatoms. The van der Waals surface area contributed by atoms with Gasteiger partial charge in [0, 0.05) is 12.1 Å². The molecule has 2 aliphatic carbocycles. The van der Waals surface area contributed by atoms with Crippen LogP contribution in [0.5, 0.6) is 0 Å². The summed E-state index contributed by atoms with van der Waals surface area (Å²) in [5.74, 6) is -0.499. The third-order valence-electron chi connectivity index (χ3n) is 4.21. The van der Waals surface area contributed by atoms with Crippen molar-refractivity contribution in [3.8, 4) is 0 Å². The van der Waals surface area contributed by atoms with Crippen LogP contribution in [-0.4, -0.2) is 29.2 Å². The Labute approximate surface area is 114 Å². The molecule has 2 rings (SSSR count). The van der Waals surface area contributed by atoms with Crippen LogP contribution in [-0.2, 0) is 4.79 Å². The van der Waals surface area contributed by atoms with Crippen molar-refractivity contribution >= 4 is 12.0 Å². The van der Waals surface area contributed by atoms with E-state index in [-0.39, 0.29) is 24.5 Å². The van der Waals surface area contributed by atoms with Gasteiger partial charge in [0.2, 0.25) is 0 Å². The van der Waals surface area contributed by atoms with Gasteiger partial charge in [-0.05, 0) is 43.4 Å². The summed E-state index contributed by atoms with van der Waals surface area (Å²) in [4.78, 5) is 22.7. The van der Waals surface area contributed by atoms with E-state index in [0.717, 1.165) is 32.1 Å². The Morgan fingerprint density at radius 1 is 1.32 bits per heavy atom. The number of nitrogens with one attached hydrogen (secondary N) is 2. The first kappa shape index (κ1) is 14.2. The molecule has 3 N–H and O–H groups in total. The lowest BCUT2D eigenvalue weighted by atomic mass is 9.92. The van der Waals surface area contributed by atoms with E-state index in [4.69, 9.17) is 5.11 Å². The van der Waals surface area contributed by atoms with Crippen LogP contribution >= 0.6 is 0 Å². The Hall–Kier alpha value is -1.26. The summed E-state index contributed by atoms with van der Waals surface area (Å²) < 4.78 is 0. The van der Waals surface area contributed by atoms with Crippen molar-refractivity contribution in [2.45, 2.75) is 64.5 Å². The predicted molar refractivity (Wildman–Crippen MR) is 71.9 cm³/mol. The molecule has 2 fully saturated rings.